The number of hydrogen-bond donors (Lipinski definition) is 1. The smallest absolute Gasteiger partial charge is 0.321 e. The Morgan fingerprint density at radius 1 is 1.50 bits per heavy atom. The second-order valence-corrected chi connectivity index (χ2v) is 6.14. The molecular formula is C8H15NO4S. The zero-order valence-corrected chi connectivity index (χ0v) is 9.12. The molecule has 0 bridgehead atoms. The van der Waals surface area contributed by atoms with Gasteiger partial charge in [-0.3, -0.25) is 9.69 Å². The van der Waals surface area contributed by atoms with E-state index in [-0.39, 0.29) is 17.4 Å². The number of carboxylic acids is 1. The maximum absolute atomic E-state index is 11.2. The molecule has 0 spiro atoms. The van der Waals surface area contributed by atoms with Crippen LogP contribution >= 0.6 is 0 Å². The van der Waals surface area contributed by atoms with E-state index in [1.165, 1.54) is 0 Å². The third-order valence-electron chi connectivity index (χ3n) is 2.52. The van der Waals surface area contributed by atoms with Gasteiger partial charge in [0.05, 0.1) is 11.5 Å². The van der Waals surface area contributed by atoms with Gasteiger partial charge in [0.25, 0.3) is 0 Å². The van der Waals surface area contributed by atoms with Crippen molar-refractivity contribution in [2.75, 3.05) is 25.6 Å². The molecule has 0 amide bonds. The maximum atomic E-state index is 11.2. The first kappa shape index (κ1) is 11.5. The summed E-state index contributed by atoms with van der Waals surface area (Å²) in [6.45, 7) is 0. The van der Waals surface area contributed by atoms with Gasteiger partial charge in [-0.15, -0.1) is 0 Å². The molecule has 1 fully saturated rings. The van der Waals surface area contributed by atoms with Gasteiger partial charge in [0.15, 0.2) is 9.84 Å². The van der Waals surface area contributed by atoms with Crippen molar-refractivity contribution in [2.24, 2.45) is 5.92 Å². The molecule has 0 aliphatic carbocycles. The van der Waals surface area contributed by atoms with Crippen molar-refractivity contribution in [2.45, 2.75) is 12.5 Å². The Hall–Kier alpha value is -0.620. The van der Waals surface area contributed by atoms with Gasteiger partial charge in [-0.05, 0) is 26.4 Å². The van der Waals surface area contributed by atoms with Gasteiger partial charge in [-0.25, -0.2) is 8.42 Å². The molecule has 1 heterocycles. The van der Waals surface area contributed by atoms with Crippen LogP contribution in [0, 0.1) is 5.92 Å². The second-order valence-electron chi connectivity index (χ2n) is 3.91. The SMILES string of the molecule is CN(C)C(C(=O)O)C1CCS(=O)(=O)C1. The second kappa shape index (κ2) is 3.86. The van der Waals surface area contributed by atoms with Crippen LogP contribution in [0.1, 0.15) is 6.42 Å². The number of carbonyl (C=O) groups is 1. The molecule has 0 saturated carbocycles. The number of likely N-dealkylation sites (N-methyl/N-ethyl adjacent to an activating group) is 1. The molecule has 0 aromatic carbocycles. The van der Waals surface area contributed by atoms with Crippen LogP contribution in [0.15, 0.2) is 0 Å². The van der Waals surface area contributed by atoms with Crippen LogP contribution in [0.5, 0.6) is 0 Å². The van der Waals surface area contributed by atoms with Gasteiger partial charge in [-0.2, -0.15) is 0 Å². The minimum absolute atomic E-state index is 0.00213. The van der Waals surface area contributed by atoms with Crippen molar-refractivity contribution in [3.8, 4) is 0 Å². The fourth-order valence-corrected chi connectivity index (χ4v) is 3.75. The van der Waals surface area contributed by atoms with Gasteiger partial charge >= 0.3 is 5.97 Å². The Morgan fingerprint density at radius 3 is 2.36 bits per heavy atom. The van der Waals surface area contributed by atoms with Crippen LogP contribution in [-0.2, 0) is 14.6 Å². The van der Waals surface area contributed by atoms with Gasteiger partial charge in [0, 0.05) is 0 Å². The quantitative estimate of drug-likeness (QED) is 0.691. The monoisotopic (exact) mass is 221 g/mol. The first-order chi connectivity index (χ1) is 6.33. The largest absolute Gasteiger partial charge is 0.480 e. The van der Waals surface area contributed by atoms with Crippen LogP contribution in [0.25, 0.3) is 0 Å². The Kier molecular flexibility index (Phi) is 3.16. The van der Waals surface area contributed by atoms with Crippen molar-refractivity contribution in [1.82, 2.24) is 4.90 Å². The molecule has 1 saturated heterocycles. The van der Waals surface area contributed by atoms with Crippen LogP contribution in [0.3, 0.4) is 0 Å². The number of hydrogen-bond acceptors (Lipinski definition) is 4. The lowest BCUT2D eigenvalue weighted by atomic mass is 9.98. The molecule has 0 radical (unpaired) electrons. The summed E-state index contributed by atoms with van der Waals surface area (Å²) in [7, 11) is 0.315. The van der Waals surface area contributed by atoms with E-state index in [0.717, 1.165) is 0 Å². The highest BCUT2D eigenvalue weighted by Crippen LogP contribution is 2.24. The fourth-order valence-electron chi connectivity index (χ4n) is 1.92. The van der Waals surface area contributed by atoms with Crippen LogP contribution in [0.4, 0.5) is 0 Å². The summed E-state index contributed by atoms with van der Waals surface area (Å²) in [6, 6.07) is -0.688. The molecule has 1 aliphatic heterocycles. The molecule has 0 aromatic rings. The molecule has 82 valence electrons. The van der Waals surface area contributed by atoms with E-state index in [1.807, 2.05) is 0 Å². The van der Waals surface area contributed by atoms with Gasteiger partial charge in [0.1, 0.15) is 6.04 Å². The average molecular weight is 221 g/mol. The van der Waals surface area contributed by atoms with E-state index in [0.29, 0.717) is 6.42 Å². The maximum Gasteiger partial charge on any atom is 0.321 e. The summed E-state index contributed by atoms with van der Waals surface area (Å²) < 4.78 is 22.4. The minimum atomic E-state index is -3.00. The minimum Gasteiger partial charge on any atom is -0.480 e. The van der Waals surface area contributed by atoms with Crippen LogP contribution in [-0.4, -0.2) is 56.0 Å². The standard InChI is InChI=1S/C8H15NO4S/c1-9(2)7(8(10)11)6-3-4-14(12,13)5-6/h6-7H,3-5H2,1-2H3,(H,10,11). The predicted molar refractivity (Wildman–Crippen MR) is 51.9 cm³/mol. The number of carboxylic acid groups (broad SMARTS) is 1. The third-order valence-corrected chi connectivity index (χ3v) is 4.32. The molecule has 2 unspecified atom stereocenters. The van der Waals surface area contributed by atoms with E-state index in [9.17, 15) is 13.2 Å². The van der Waals surface area contributed by atoms with Crippen molar-refractivity contribution in [3.63, 3.8) is 0 Å². The fraction of sp³-hybridized carbons (Fsp3) is 0.875. The third kappa shape index (κ3) is 2.45. The number of sulfone groups is 1. The number of aliphatic carboxylic acids is 1. The lowest BCUT2D eigenvalue weighted by Crippen LogP contribution is -2.42. The summed E-state index contributed by atoms with van der Waals surface area (Å²) in [4.78, 5) is 12.5. The zero-order valence-electron chi connectivity index (χ0n) is 8.30. The Bertz CT molecular complexity index is 322. The number of nitrogens with zero attached hydrogens (tertiary/aromatic N) is 1. The highest BCUT2D eigenvalue weighted by Gasteiger charge is 2.38. The summed E-state index contributed by atoms with van der Waals surface area (Å²) >= 11 is 0. The normalized spacial score (nSPS) is 27.8. The molecule has 0 aromatic heterocycles. The Morgan fingerprint density at radius 2 is 2.07 bits per heavy atom. The van der Waals surface area contributed by atoms with Gasteiger partial charge in [-0.1, -0.05) is 0 Å². The average Bonchev–Trinajstić information content (AvgIpc) is 2.28. The van der Waals surface area contributed by atoms with Crippen molar-refractivity contribution < 1.29 is 18.3 Å². The molecule has 1 rings (SSSR count). The summed E-state index contributed by atoms with van der Waals surface area (Å²) in [5.41, 5.74) is 0. The summed E-state index contributed by atoms with van der Waals surface area (Å²) in [5, 5.41) is 8.94. The van der Waals surface area contributed by atoms with E-state index in [1.54, 1.807) is 19.0 Å². The molecule has 1 N–H and O–H groups in total. The summed E-state index contributed by atoms with van der Waals surface area (Å²) in [6.07, 6.45) is 0.456. The first-order valence-corrected chi connectivity index (χ1v) is 6.25. The summed E-state index contributed by atoms with van der Waals surface area (Å²) in [5.74, 6) is -1.10. The molecular weight excluding hydrogens is 206 g/mol. The van der Waals surface area contributed by atoms with Crippen molar-refractivity contribution >= 4 is 15.8 Å². The van der Waals surface area contributed by atoms with E-state index in [4.69, 9.17) is 5.11 Å². The zero-order chi connectivity index (χ0) is 10.9. The highest BCUT2D eigenvalue weighted by atomic mass is 32.2. The molecule has 5 nitrogen and oxygen atoms in total. The van der Waals surface area contributed by atoms with E-state index < -0.39 is 21.8 Å². The molecule has 2 atom stereocenters. The lowest BCUT2D eigenvalue weighted by molar-refractivity contribution is -0.144. The van der Waals surface area contributed by atoms with Crippen LogP contribution < -0.4 is 0 Å². The highest BCUT2D eigenvalue weighted by molar-refractivity contribution is 7.91. The molecule has 14 heavy (non-hydrogen) atoms. The topological polar surface area (TPSA) is 74.7 Å². The predicted octanol–water partition coefficient (Wildman–Crippen LogP) is -0.564. The first-order valence-electron chi connectivity index (χ1n) is 4.43. The van der Waals surface area contributed by atoms with E-state index in [2.05, 4.69) is 0 Å². The lowest BCUT2D eigenvalue weighted by Gasteiger charge is -2.24. The molecule has 6 heteroatoms. The Balaban J connectivity index is 2.78. The molecule has 1 aliphatic rings. The Labute approximate surface area is 83.6 Å². The van der Waals surface area contributed by atoms with Crippen molar-refractivity contribution in [3.05, 3.63) is 0 Å². The van der Waals surface area contributed by atoms with Gasteiger partial charge in [0.2, 0.25) is 0 Å². The van der Waals surface area contributed by atoms with E-state index >= 15 is 0 Å². The number of rotatable bonds is 3. The van der Waals surface area contributed by atoms with Gasteiger partial charge < -0.3 is 5.11 Å². The van der Waals surface area contributed by atoms with Crippen molar-refractivity contribution in [1.29, 1.82) is 0 Å². The van der Waals surface area contributed by atoms with Crippen LogP contribution in [0.2, 0.25) is 0 Å².